The summed E-state index contributed by atoms with van der Waals surface area (Å²) >= 11 is 0. The van der Waals surface area contributed by atoms with Crippen LogP contribution in [0.4, 0.5) is 0 Å². The van der Waals surface area contributed by atoms with Crippen molar-refractivity contribution in [1.29, 1.82) is 0 Å². The average molecular weight is 266 g/mol. The fourth-order valence-corrected chi connectivity index (χ4v) is 2.27. The third-order valence-electron chi connectivity index (χ3n) is 3.26. The van der Waals surface area contributed by atoms with E-state index in [4.69, 9.17) is 0 Å². The Balaban J connectivity index is 1.92. The van der Waals surface area contributed by atoms with Gasteiger partial charge in [0.1, 0.15) is 0 Å². The fourth-order valence-electron chi connectivity index (χ4n) is 2.27. The molecule has 0 bridgehead atoms. The van der Waals surface area contributed by atoms with Gasteiger partial charge in [-0.25, -0.2) is 4.68 Å². The zero-order chi connectivity index (χ0) is 13.8. The average Bonchev–Trinajstić information content (AvgIpc) is 2.92. The maximum Gasteiger partial charge on any atom is 0.0839 e. The number of rotatable bonds is 5. The zero-order valence-electron chi connectivity index (χ0n) is 11.6. The molecular weight excluding hydrogens is 248 g/mol. The first-order chi connectivity index (χ1) is 9.88. The van der Waals surface area contributed by atoms with Gasteiger partial charge >= 0.3 is 0 Å². The molecule has 1 aromatic carbocycles. The lowest BCUT2D eigenvalue weighted by Crippen LogP contribution is -2.14. The summed E-state index contributed by atoms with van der Waals surface area (Å²) < 4.78 is 1.94. The van der Waals surface area contributed by atoms with E-state index in [1.807, 2.05) is 35.4 Å². The van der Waals surface area contributed by atoms with E-state index in [9.17, 15) is 0 Å². The Labute approximate surface area is 118 Å². The number of benzene rings is 1. The summed E-state index contributed by atoms with van der Waals surface area (Å²) in [5.41, 5.74) is 3.28. The van der Waals surface area contributed by atoms with Gasteiger partial charge in [-0.05, 0) is 30.7 Å². The molecule has 102 valence electrons. The van der Waals surface area contributed by atoms with Gasteiger partial charge in [0.15, 0.2) is 0 Å². The number of nitrogens with zero attached hydrogens (tertiary/aromatic N) is 3. The Morgan fingerprint density at radius 1 is 1.15 bits per heavy atom. The van der Waals surface area contributed by atoms with Crippen molar-refractivity contribution < 1.29 is 0 Å². The number of hydrogen-bond donors (Lipinski definition) is 1. The number of hydrogen-bond acceptors (Lipinski definition) is 3. The van der Waals surface area contributed by atoms with E-state index in [0.717, 1.165) is 36.1 Å². The van der Waals surface area contributed by atoms with Crippen molar-refractivity contribution in [3.63, 3.8) is 0 Å². The summed E-state index contributed by atoms with van der Waals surface area (Å²) in [4.78, 5) is 4.33. The van der Waals surface area contributed by atoms with E-state index in [1.165, 1.54) is 5.56 Å². The minimum atomic E-state index is 0.841. The van der Waals surface area contributed by atoms with E-state index in [1.54, 1.807) is 0 Å². The Bertz CT molecular complexity index is 702. The van der Waals surface area contributed by atoms with E-state index in [-0.39, 0.29) is 0 Å². The van der Waals surface area contributed by atoms with Gasteiger partial charge in [0, 0.05) is 18.1 Å². The topological polar surface area (TPSA) is 42.7 Å². The van der Waals surface area contributed by atoms with Crippen LogP contribution in [0.1, 0.15) is 18.9 Å². The van der Waals surface area contributed by atoms with Crippen molar-refractivity contribution in [2.24, 2.45) is 0 Å². The van der Waals surface area contributed by atoms with Gasteiger partial charge in [0.2, 0.25) is 0 Å². The smallest absolute Gasteiger partial charge is 0.0839 e. The standard InChI is InChI=1S/C16H18N4/c1-2-7-17-9-13-8-15(12-18-10-13)20-16-6-4-3-5-14(16)11-19-20/h3-6,8,10-12,17H,2,7,9H2,1H3. The summed E-state index contributed by atoms with van der Waals surface area (Å²) in [6, 6.07) is 10.3. The minimum absolute atomic E-state index is 0.841. The summed E-state index contributed by atoms with van der Waals surface area (Å²) in [7, 11) is 0. The molecule has 0 aliphatic heterocycles. The second-order valence-corrected chi connectivity index (χ2v) is 4.84. The molecule has 0 atom stereocenters. The van der Waals surface area contributed by atoms with Gasteiger partial charge in [-0.2, -0.15) is 5.10 Å². The predicted molar refractivity (Wildman–Crippen MR) is 80.9 cm³/mol. The van der Waals surface area contributed by atoms with Crippen molar-refractivity contribution in [3.05, 3.63) is 54.5 Å². The second-order valence-electron chi connectivity index (χ2n) is 4.84. The SMILES string of the molecule is CCCNCc1cncc(-n2ncc3ccccc32)c1. The molecule has 3 aromatic rings. The van der Waals surface area contributed by atoms with Crippen molar-refractivity contribution >= 4 is 10.9 Å². The third-order valence-corrected chi connectivity index (χ3v) is 3.26. The lowest BCUT2D eigenvalue weighted by Gasteiger charge is -2.07. The highest BCUT2D eigenvalue weighted by Crippen LogP contribution is 2.17. The molecule has 4 heteroatoms. The van der Waals surface area contributed by atoms with Crippen LogP contribution in [0.3, 0.4) is 0 Å². The van der Waals surface area contributed by atoms with Crippen LogP contribution in [0.25, 0.3) is 16.6 Å². The highest BCUT2D eigenvalue weighted by atomic mass is 15.3. The molecule has 2 heterocycles. The highest BCUT2D eigenvalue weighted by molar-refractivity contribution is 5.79. The molecule has 0 spiro atoms. The van der Waals surface area contributed by atoms with Crippen LogP contribution in [0.2, 0.25) is 0 Å². The van der Waals surface area contributed by atoms with Crippen LogP contribution in [-0.4, -0.2) is 21.3 Å². The monoisotopic (exact) mass is 266 g/mol. The number of fused-ring (bicyclic) bond motifs is 1. The van der Waals surface area contributed by atoms with E-state index >= 15 is 0 Å². The minimum Gasteiger partial charge on any atom is -0.313 e. The van der Waals surface area contributed by atoms with Crippen LogP contribution in [0.15, 0.2) is 48.9 Å². The molecule has 4 nitrogen and oxygen atoms in total. The lowest BCUT2D eigenvalue weighted by atomic mass is 10.2. The van der Waals surface area contributed by atoms with Gasteiger partial charge in [-0.3, -0.25) is 4.98 Å². The van der Waals surface area contributed by atoms with Crippen LogP contribution in [-0.2, 0) is 6.54 Å². The van der Waals surface area contributed by atoms with Crippen molar-refractivity contribution in [2.75, 3.05) is 6.54 Å². The van der Waals surface area contributed by atoms with Crippen LogP contribution in [0.5, 0.6) is 0 Å². The Morgan fingerprint density at radius 3 is 2.95 bits per heavy atom. The fraction of sp³-hybridized carbons (Fsp3) is 0.250. The van der Waals surface area contributed by atoms with E-state index < -0.39 is 0 Å². The largest absolute Gasteiger partial charge is 0.313 e. The quantitative estimate of drug-likeness (QED) is 0.722. The maximum absolute atomic E-state index is 4.46. The molecule has 0 saturated heterocycles. The molecule has 0 aliphatic rings. The van der Waals surface area contributed by atoms with Crippen LogP contribution < -0.4 is 5.32 Å². The molecule has 2 aromatic heterocycles. The number of para-hydroxylation sites is 1. The molecule has 0 fully saturated rings. The molecule has 0 saturated carbocycles. The normalized spacial score (nSPS) is 11.1. The molecule has 0 radical (unpaired) electrons. The maximum atomic E-state index is 4.46. The van der Waals surface area contributed by atoms with Gasteiger partial charge in [-0.15, -0.1) is 0 Å². The molecular formula is C16H18N4. The molecule has 0 unspecified atom stereocenters. The van der Waals surface area contributed by atoms with Gasteiger partial charge in [0.25, 0.3) is 0 Å². The molecule has 3 rings (SSSR count). The Kier molecular flexibility index (Phi) is 3.74. The number of aromatic nitrogens is 3. The van der Waals surface area contributed by atoms with Crippen LogP contribution >= 0.6 is 0 Å². The summed E-state index contributed by atoms with van der Waals surface area (Å²) in [6.45, 7) is 4.03. The number of nitrogens with one attached hydrogen (secondary N) is 1. The summed E-state index contributed by atoms with van der Waals surface area (Å²) in [5, 5.41) is 8.99. The summed E-state index contributed by atoms with van der Waals surface area (Å²) in [5.74, 6) is 0. The Hall–Kier alpha value is -2.20. The highest BCUT2D eigenvalue weighted by Gasteiger charge is 2.05. The molecule has 0 amide bonds. The first kappa shape index (κ1) is 12.8. The predicted octanol–water partition coefficient (Wildman–Crippen LogP) is 2.92. The van der Waals surface area contributed by atoms with Crippen LogP contribution in [0, 0.1) is 0 Å². The van der Waals surface area contributed by atoms with Crippen molar-refractivity contribution in [2.45, 2.75) is 19.9 Å². The van der Waals surface area contributed by atoms with Gasteiger partial charge in [0.05, 0.1) is 23.6 Å². The number of pyridine rings is 1. The van der Waals surface area contributed by atoms with Gasteiger partial charge in [-0.1, -0.05) is 25.1 Å². The van der Waals surface area contributed by atoms with E-state index in [2.05, 4.69) is 40.5 Å². The third kappa shape index (κ3) is 2.56. The molecule has 1 N–H and O–H groups in total. The zero-order valence-corrected chi connectivity index (χ0v) is 11.6. The molecule has 0 aliphatic carbocycles. The molecule has 20 heavy (non-hydrogen) atoms. The first-order valence-corrected chi connectivity index (χ1v) is 6.96. The van der Waals surface area contributed by atoms with Crippen molar-refractivity contribution in [3.8, 4) is 5.69 Å². The van der Waals surface area contributed by atoms with Crippen molar-refractivity contribution in [1.82, 2.24) is 20.1 Å². The van der Waals surface area contributed by atoms with Gasteiger partial charge < -0.3 is 5.32 Å². The Morgan fingerprint density at radius 2 is 2.05 bits per heavy atom. The summed E-state index contributed by atoms with van der Waals surface area (Å²) in [6.07, 6.45) is 6.77. The first-order valence-electron chi connectivity index (χ1n) is 6.96. The second kappa shape index (κ2) is 5.84. The lowest BCUT2D eigenvalue weighted by molar-refractivity contribution is 0.673. The van der Waals surface area contributed by atoms with E-state index in [0.29, 0.717) is 0 Å².